The molecule has 3 N–H and O–H groups in total. The lowest BCUT2D eigenvalue weighted by atomic mass is 9.74. The molecule has 1 aromatic rings. The minimum absolute atomic E-state index is 0.0939. The van der Waals surface area contributed by atoms with Crippen molar-refractivity contribution in [1.82, 2.24) is 5.32 Å². The Morgan fingerprint density at radius 2 is 1.90 bits per heavy atom. The molecule has 0 bridgehead atoms. The van der Waals surface area contributed by atoms with E-state index in [1.807, 2.05) is 0 Å². The quantitative estimate of drug-likeness (QED) is 0.774. The number of benzene rings is 1. The van der Waals surface area contributed by atoms with Crippen molar-refractivity contribution in [2.24, 2.45) is 5.41 Å². The molecule has 1 fully saturated rings. The second kappa shape index (κ2) is 6.47. The number of hydrogen-bond donors (Lipinski definition) is 3. The van der Waals surface area contributed by atoms with Crippen LogP contribution in [0.3, 0.4) is 0 Å². The monoisotopic (exact) mass is 355 g/mol. The van der Waals surface area contributed by atoms with Crippen molar-refractivity contribution >= 4 is 27.8 Å². The van der Waals surface area contributed by atoms with Gasteiger partial charge in [0, 0.05) is 11.0 Å². The highest BCUT2D eigenvalue weighted by Gasteiger charge is 2.39. The number of phenolic OH excluding ortho intramolecular Hbond substituents is 1. The Morgan fingerprint density at radius 1 is 1.24 bits per heavy atom. The first-order chi connectivity index (χ1) is 9.94. The first-order valence-electron chi connectivity index (χ1n) is 6.95. The molecule has 0 heterocycles. The molecule has 0 spiro atoms. The van der Waals surface area contributed by atoms with Gasteiger partial charge in [0.1, 0.15) is 5.75 Å². The molecular weight excluding hydrogens is 338 g/mol. The van der Waals surface area contributed by atoms with E-state index in [1.165, 1.54) is 12.1 Å². The van der Waals surface area contributed by atoms with E-state index in [9.17, 15) is 19.8 Å². The molecule has 1 aromatic carbocycles. The van der Waals surface area contributed by atoms with E-state index in [2.05, 4.69) is 21.2 Å². The highest BCUT2D eigenvalue weighted by atomic mass is 79.9. The van der Waals surface area contributed by atoms with Crippen LogP contribution in [-0.4, -0.2) is 28.6 Å². The van der Waals surface area contributed by atoms with Crippen molar-refractivity contribution in [3.05, 3.63) is 28.2 Å². The molecule has 1 aliphatic rings. The average Bonchev–Trinajstić information content (AvgIpc) is 2.45. The summed E-state index contributed by atoms with van der Waals surface area (Å²) >= 11 is 3.21. The van der Waals surface area contributed by atoms with Crippen LogP contribution in [0.25, 0.3) is 0 Å². The minimum atomic E-state index is -0.876. The van der Waals surface area contributed by atoms with Gasteiger partial charge in [0.25, 0.3) is 5.91 Å². The summed E-state index contributed by atoms with van der Waals surface area (Å²) in [6.07, 6.45) is 3.93. The zero-order valence-corrected chi connectivity index (χ0v) is 13.1. The smallest absolute Gasteiger partial charge is 0.311 e. The number of phenols is 1. The summed E-state index contributed by atoms with van der Waals surface area (Å²) in [4.78, 5) is 23.6. The molecule has 1 aliphatic carbocycles. The Bertz CT molecular complexity index is 553. The third-order valence-corrected chi connectivity index (χ3v) is 4.55. The second-order valence-electron chi connectivity index (χ2n) is 5.49. The molecule has 2 rings (SSSR count). The number of nitrogens with one attached hydrogen (secondary N) is 1. The van der Waals surface area contributed by atoms with Gasteiger partial charge in [-0.15, -0.1) is 0 Å². The fraction of sp³-hybridized carbons (Fsp3) is 0.467. The molecule has 0 atom stereocenters. The Hall–Kier alpha value is -1.56. The normalized spacial score (nSPS) is 17.2. The fourth-order valence-electron chi connectivity index (χ4n) is 2.74. The summed E-state index contributed by atoms with van der Waals surface area (Å²) in [7, 11) is 0. The van der Waals surface area contributed by atoms with Crippen LogP contribution in [-0.2, 0) is 4.79 Å². The van der Waals surface area contributed by atoms with Gasteiger partial charge < -0.3 is 15.5 Å². The number of carbonyl (C=O) groups is 2. The molecule has 114 valence electrons. The summed E-state index contributed by atoms with van der Waals surface area (Å²) in [5.41, 5.74) is -0.728. The van der Waals surface area contributed by atoms with Crippen LogP contribution in [0.15, 0.2) is 22.7 Å². The molecule has 1 saturated carbocycles. The van der Waals surface area contributed by atoms with Crippen LogP contribution in [0, 0.1) is 5.41 Å². The standard InChI is InChI=1S/C15H18BrNO4/c16-10-4-5-11(12(18)8-10)13(19)17-9-15(14(20)21)6-2-1-3-7-15/h4-5,8,18H,1-3,6-7,9H2,(H,17,19)(H,20,21). The van der Waals surface area contributed by atoms with Crippen LogP contribution in [0.1, 0.15) is 42.5 Å². The molecule has 21 heavy (non-hydrogen) atoms. The lowest BCUT2D eigenvalue weighted by molar-refractivity contribution is -0.150. The Morgan fingerprint density at radius 3 is 2.48 bits per heavy atom. The molecule has 6 heteroatoms. The van der Waals surface area contributed by atoms with E-state index in [0.29, 0.717) is 17.3 Å². The van der Waals surface area contributed by atoms with Gasteiger partial charge in [0.2, 0.25) is 0 Å². The highest BCUT2D eigenvalue weighted by molar-refractivity contribution is 9.10. The molecule has 0 aromatic heterocycles. The highest BCUT2D eigenvalue weighted by Crippen LogP contribution is 2.36. The van der Waals surface area contributed by atoms with Gasteiger partial charge in [-0.3, -0.25) is 9.59 Å². The predicted molar refractivity (Wildman–Crippen MR) is 81.3 cm³/mol. The Kier molecular flexibility index (Phi) is 4.88. The number of carboxylic acid groups (broad SMARTS) is 1. The number of carboxylic acids is 1. The third-order valence-electron chi connectivity index (χ3n) is 4.06. The van der Waals surface area contributed by atoms with Crippen molar-refractivity contribution in [2.75, 3.05) is 6.54 Å². The predicted octanol–water partition coefficient (Wildman–Crippen LogP) is 2.92. The lowest BCUT2D eigenvalue weighted by Crippen LogP contribution is -2.44. The number of amides is 1. The zero-order valence-electron chi connectivity index (χ0n) is 11.6. The van der Waals surface area contributed by atoms with E-state index in [0.717, 1.165) is 19.3 Å². The lowest BCUT2D eigenvalue weighted by Gasteiger charge is -2.33. The number of carbonyl (C=O) groups excluding carboxylic acids is 1. The number of aliphatic carboxylic acids is 1. The van der Waals surface area contributed by atoms with Gasteiger partial charge in [0.15, 0.2) is 0 Å². The number of hydrogen-bond acceptors (Lipinski definition) is 3. The van der Waals surface area contributed by atoms with Crippen molar-refractivity contribution in [2.45, 2.75) is 32.1 Å². The molecular formula is C15H18BrNO4. The van der Waals surface area contributed by atoms with E-state index < -0.39 is 17.3 Å². The van der Waals surface area contributed by atoms with Crippen molar-refractivity contribution in [3.8, 4) is 5.75 Å². The summed E-state index contributed by atoms with van der Waals surface area (Å²) < 4.78 is 0.672. The molecule has 1 amide bonds. The first kappa shape index (κ1) is 15.8. The molecule has 0 unspecified atom stereocenters. The van der Waals surface area contributed by atoms with Crippen molar-refractivity contribution < 1.29 is 19.8 Å². The second-order valence-corrected chi connectivity index (χ2v) is 6.41. The first-order valence-corrected chi connectivity index (χ1v) is 7.74. The molecule has 5 nitrogen and oxygen atoms in total. The summed E-state index contributed by atoms with van der Waals surface area (Å²) in [6.45, 7) is 0.0939. The van der Waals surface area contributed by atoms with Gasteiger partial charge in [0.05, 0.1) is 11.0 Å². The maximum atomic E-state index is 12.1. The largest absolute Gasteiger partial charge is 0.507 e. The number of rotatable bonds is 4. The van der Waals surface area contributed by atoms with Gasteiger partial charge in [-0.25, -0.2) is 0 Å². The average molecular weight is 356 g/mol. The van der Waals surface area contributed by atoms with Crippen LogP contribution in [0.4, 0.5) is 0 Å². The molecule has 0 saturated heterocycles. The van der Waals surface area contributed by atoms with Gasteiger partial charge in [-0.1, -0.05) is 35.2 Å². The van der Waals surface area contributed by atoms with Gasteiger partial charge >= 0.3 is 5.97 Å². The van der Waals surface area contributed by atoms with E-state index in [-0.39, 0.29) is 17.9 Å². The summed E-state index contributed by atoms with van der Waals surface area (Å²) in [5.74, 6) is -1.44. The number of aromatic hydroxyl groups is 1. The van der Waals surface area contributed by atoms with Crippen molar-refractivity contribution in [3.63, 3.8) is 0 Å². The van der Waals surface area contributed by atoms with Crippen LogP contribution in [0.2, 0.25) is 0 Å². The third kappa shape index (κ3) is 3.56. The van der Waals surface area contributed by atoms with Crippen LogP contribution in [0.5, 0.6) is 5.75 Å². The minimum Gasteiger partial charge on any atom is -0.507 e. The fourth-order valence-corrected chi connectivity index (χ4v) is 3.09. The Labute approximate surface area is 131 Å². The van der Waals surface area contributed by atoms with E-state index in [1.54, 1.807) is 6.07 Å². The van der Waals surface area contributed by atoms with Crippen molar-refractivity contribution in [1.29, 1.82) is 0 Å². The Balaban J connectivity index is 2.07. The summed E-state index contributed by atoms with van der Waals surface area (Å²) in [6, 6.07) is 4.59. The maximum absolute atomic E-state index is 12.1. The van der Waals surface area contributed by atoms with Crippen LogP contribution >= 0.6 is 15.9 Å². The van der Waals surface area contributed by atoms with Gasteiger partial charge in [-0.05, 0) is 31.0 Å². The molecule has 0 radical (unpaired) electrons. The van der Waals surface area contributed by atoms with Crippen LogP contribution < -0.4 is 5.32 Å². The number of halogens is 1. The van der Waals surface area contributed by atoms with E-state index in [4.69, 9.17) is 0 Å². The maximum Gasteiger partial charge on any atom is 0.311 e. The topological polar surface area (TPSA) is 86.6 Å². The van der Waals surface area contributed by atoms with Gasteiger partial charge in [-0.2, -0.15) is 0 Å². The zero-order chi connectivity index (χ0) is 15.5. The molecule has 0 aliphatic heterocycles. The summed E-state index contributed by atoms with van der Waals surface area (Å²) in [5, 5.41) is 21.9. The SMILES string of the molecule is O=C(NCC1(C(=O)O)CCCCC1)c1ccc(Br)cc1O. The van der Waals surface area contributed by atoms with E-state index >= 15 is 0 Å².